The SMILES string of the molecule is Cc1cc(S(=O)(=O)N2CCC[C@H]2c2ncc(C(=O)N3CCCCC3)c(C)n2)ccc1F. The van der Waals surface area contributed by atoms with Crippen molar-refractivity contribution in [2.24, 2.45) is 0 Å². The fraction of sp³-hybridized carbons (Fsp3) is 0.500. The predicted octanol–water partition coefficient (Wildman–Crippen LogP) is 3.38. The smallest absolute Gasteiger partial charge is 0.257 e. The van der Waals surface area contributed by atoms with Crippen LogP contribution < -0.4 is 0 Å². The molecule has 0 saturated carbocycles. The van der Waals surface area contributed by atoms with E-state index in [9.17, 15) is 17.6 Å². The van der Waals surface area contributed by atoms with Gasteiger partial charge >= 0.3 is 0 Å². The summed E-state index contributed by atoms with van der Waals surface area (Å²) in [5, 5.41) is 0. The van der Waals surface area contributed by atoms with Gasteiger partial charge in [0.2, 0.25) is 10.0 Å². The topological polar surface area (TPSA) is 83.5 Å². The molecule has 0 aliphatic carbocycles. The molecule has 2 aliphatic rings. The summed E-state index contributed by atoms with van der Waals surface area (Å²) in [6.45, 7) is 5.14. The Morgan fingerprint density at radius 1 is 1.10 bits per heavy atom. The standard InChI is InChI=1S/C22H27FN4O3S/c1-15-13-17(8-9-19(15)23)31(29,30)27-12-6-7-20(27)21-24-14-18(16(2)25-21)22(28)26-10-4-3-5-11-26/h8-9,13-14,20H,3-7,10-12H2,1-2H3/t20-/m0/s1. The molecule has 2 fully saturated rings. The Morgan fingerprint density at radius 3 is 2.52 bits per heavy atom. The molecule has 0 spiro atoms. The molecule has 31 heavy (non-hydrogen) atoms. The zero-order chi connectivity index (χ0) is 22.2. The largest absolute Gasteiger partial charge is 0.339 e. The van der Waals surface area contributed by atoms with E-state index in [2.05, 4.69) is 9.97 Å². The van der Waals surface area contributed by atoms with Gasteiger partial charge in [0, 0.05) is 25.8 Å². The predicted molar refractivity (Wildman–Crippen MR) is 114 cm³/mol. The van der Waals surface area contributed by atoms with Crippen LogP contribution in [0.1, 0.15) is 65.6 Å². The number of carbonyl (C=O) groups is 1. The summed E-state index contributed by atoms with van der Waals surface area (Å²) in [6.07, 6.45) is 5.94. The van der Waals surface area contributed by atoms with Gasteiger partial charge < -0.3 is 4.90 Å². The Balaban J connectivity index is 1.60. The molecule has 1 aromatic carbocycles. The maximum atomic E-state index is 13.6. The highest BCUT2D eigenvalue weighted by Gasteiger charge is 2.38. The monoisotopic (exact) mass is 446 g/mol. The fourth-order valence-electron chi connectivity index (χ4n) is 4.32. The van der Waals surface area contributed by atoms with Crippen LogP contribution in [0.25, 0.3) is 0 Å². The normalized spacial score (nSPS) is 20.2. The Labute approximate surface area is 182 Å². The van der Waals surface area contributed by atoms with Crippen molar-refractivity contribution in [3.8, 4) is 0 Å². The number of aromatic nitrogens is 2. The molecular formula is C22H27FN4O3S. The minimum Gasteiger partial charge on any atom is -0.339 e. The minimum atomic E-state index is -3.82. The molecular weight excluding hydrogens is 419 g/mol. The van der Waals surface area contributed by atoms with E-state index in [1.807, 2.05) is 4.90 Å². The number of hydrogen-bond donors (Lipinski definition) is 0. The number of amides is 1. The first-order chi connectivity index (χ1) is 14.8. The lowest BCUT2D eigenvalue weighted by molar-refractivity contribution is 0.0722. The highest BCUT2D eigenvalue weighted by Crippen LogP contribution is 2.35. The molecule has 2 aliphatic heterocycles. The van der Waals surface area contributed by atoms with Crippen LogP contribution in [0, 0.1) is 19.7 Å². The zero-order valence-corrected chi connectivity index (χ0v) is 18.7. The third-order valence-electron chi connectivity index (χ3n) is 6.11. The molecule has 9 heteroatoms. The second-order valence-corrected chi connectivity index (χ2v) is 10.2. The summed E-state index contributed by atoms with van der Waals surface area (Å²) >= 11 is 0. The second kappa shape index (κ2) is 8.63. The lowest BCUT2D eigenvalue weighted by atomic mass is 10.1. The number of benzene rings is 1. The van der Waals surface area contributed by atoms with Gasteiger partial charge in [0.25, 0.3) is 5.91 Å². The van der Waals surface area contributed by atoms with Crippen molar-refractivity contribution in [3.63, 3.8) is 0 Å². The van der Waals surface area contributed by atoms with E-state index in [1.54, 1.807) is 13.8 Å². The van der Waals surface area contributed by atoms with E-state index in [0.717, 1.165) is 32.4 Å². The van der Waals surface area contributed by atoms with E-state index < -0.39 is 21.9 Å². The van der Waals surface area contributed by atoms with Crippen molar-refractivity contribution in [3.05, 3.63) is 52.9 Å². The number of halogens is 1. The van der Waals surface area contributed by atoms with Gasteiger partial charge in [-0.05, 0) is 69.7 Å². The highest BCUT2D eigenvalue weighted by atomic mass is 32.2. The molecule has 1 aromatic heterocycles. The molecule has 3 heterocycles. The van der Waals surface area contributed by atoms with Crippen molar-refractivity contribution in [2.75, 3.05) is 19.6 Å². The third kappa shape index (κ3) is 4.21. The van der Waals surface area contributed by atoms with Crippen molar-refractivity contribution in [1.29, 1.82) is 0 Å². The van der Waals surface area contributed by atoms with Gasteiger partial charge in [0.05, 0.1) is 22.2 Å². The van der Waals surface area contributed by atoms with Crippen molar-refractivity contribution < 1.29 is 17.6 Å². The first-order valence-electron chi connectivity index (χ1n) is 10.7. The number of piperidine rings is 1. The van der Waals surface area contributed by atoms with E-state index in [4.69, 9.17) is 0 Å². The Morgan fingerprint density at radius 2 is 1.84 bits per heavy atom. The van der Waals surface area contributed by atoms with Gasteiger partial charge in [-0.1, -0.05) is 0 Å². The van der Waals surface area contributed by atoms with Crippen LogP contribution in [0.5, 0.6) is 0 Å². The lowest BCUT2D eigenvalue weighted by Gasteiger charge is -2.27. The van der Waals surface area contributed by atoms with Gasteiger partial charge in [-0.2, -0.15) is 4.31 Å². The molecule has 0 N–H and O–H groups in total. The van der Waals surface area contributed by atoms with E-state index in [0.29, 0.717) is 36.5 Å². The summed E-state index contributed by atoms with van der Waals surface area (Å²) in [6, 6.07) is 3.31. The summed E-state index contributed by atoms with van der Waals surface area (Å²) < 4.78 is 41.5. The Hall–Kier alpha value is -2.39. The maximum absolute atomic E-state index is 13.6. The number of carbonyl (C=O) groups excluding carboxylic acids is 1. The first kappa shape index (κ1) is 21.8. The molecule has 2 aromatic rings. The molecule has 2 saturated heterocycles. The number of rotatable bonds is 4. The van der Waals surface area contributed by atoms with Crippen LogP contribution in [0.4, 0.5) is 4.39 Å². The number of nitrogens with zero attached hydrogens (tertiary/aromatic N) is 4. The molecule has 166 valence electrons. The van der Waals surface area contributed by atoms with Gasteiger partial charge in [-0.25, -0.2) is 22.8 Å². The quantitative estimate of drug-likeness (QED) is 0.719. The van der Waals surface area contributed by atoms with E-state index in [-0.39, 0.29) is 16.4 Å². The zero-order valence-electron chi connectivity index (χ0n) is 17.8. The molecule has 4 rings (SSSR count). The number of aryl methyl sites for hydroxylation is 2. The van der Waals surface area contributed by atoms with Crippen LogP contribution in [-0.4, -0.2) is 53.1 Å². The molecule has 7 nitrogen and oxygen atoms in total. The van der Waals surface area contributed by atoms with Crippen molar-refractivity contribution in [1.82, 2.24) is 19.2 Å². The van der Waals surface area contributed by atoms with Crippen LogP contribution in [0.15, 0.2) is 29.3 Å². The van der Waals surface area contributed by atoms with Crippen LogP contribution in [0.2, 0.25) is 0 Å². The average molecular weight is 447 g/mol. The fourth-order valence-corrected chi connectivity index (χ4v) is 6.06. The van der Waals surface area contributed by atoms with Gasteiger partial charge in [-0.3, -0.25) is 4.79 Å². The summed E-state index contributed by atoms with van der Waals surface area (Å²) in [5.41, 5.74) is 1.30. The molecule has 0 radical (unpaired) electrons. The summed E-state index contributed by atoms with van der Waals surface area (Å²) in [4.78, 5) is 23.7. The van der Waals surface area contributed by atoms with Crippen molar-refractivity contribution in [2.45, 2.75) is 56.9 Å². The Kier molecular flexibility index (Phi) is 6.07. The Bertz CT molecular complexity index is 1100. The first-order valence-corrected chi connectivity index (χ1v) is 12.1. The van der Waals surface area contributed by atoms with Crippen LogP contribution in [-0.2, 0) is 10.0 Å². The molecule has 1 atom stereocenters. The minimum absolute atomic E-state index is 0.0620. The van der Waals surface area contributed by atoms with Crippen molar-refractivity contribution >= 4 is 15.9 Å². The van der Waals surface area contributed by atoms with Gasteiger partial charge in [0.1, 0.15) is 11.6 Å². The van der Waals surface area contributed by atoms with E-state index >= 15 is 0 Å². The highest BCUT2D eigenvalue weighted by molar-refractivity contribution is 7.89. The lowest BCUT2D eigenvalue weighted by Crippen LogP contribution is -2.36. The maximum Gasteiger partial charge on any atom is 0.257 e. The average Bonchev–Trinajstić information content (AvgIpc) is 3.26. The number of sulfonamides is 1. The third-order valence-corrected chi connectivity index (χ3v) is 8.01. The van der Waals surface area contributed by atoms with Crippen LogP contribution >= 0.6 is 0 Å². The van der Waals surface area contributed by atoms with Crippen LogP contribution in [0.3, 0.4) is 0 Å². The molecule has 0 bridgehead atoms. The van der Waals surface area contributed by atoms with Gasteiger partial charge in [-0.15, -0.1) is 0 Å². The van der Waals surface area contributed by atoms with Gasteiger partial charge in [0.15, 0.2) is 0 Å². The molecule has 0 unspecified atom stereocenters. The summed E-state index contributed by atoms with van der Waals surface area (Å²) in [5.74, 6) is -0.112. The summed E-state index contributed by atoms with van der Waals surface area (Å²) in [7, 11) is -3.82. The number of likely N-dealkylation sites (tertiary alicyclic amines) is 1. The number of hydrogen-bond acceptors (Lipinski definition) is 5. The van der Waals surface area contributed by atoms with E-state index in [1.165, 1.54) is 28.7 Å². The second-order valence-electron chi connectivity index (χ2n) is 8.26. The molecule has 1 amide bonds.